The van der Waals surface area contributed by atoms with E-state index in [9.17, 15) is 0 Å². The second kappa shape index (κ2) is 7.14. The van der Waals surface area contributed by atoms with Crippen molar-refractivity contribution in [2.24, 2.45) is 11.3 Å². The number of unbranched alkanes of at least 4 members (excludes halogenated alkanes) is 1. The van der Waals surface area contributed by atoms with Crippen LogP contribution < -0.4 is 0 Å². The van der Waals surface area contributed by atoms with E-state index in [-0.39, 0.29) is 5.41 Å². The van der Waals surface area contributed by atoms with E-state index in [1.807, 2.05) is 13.8 Å². The molecule has 0 aromatic heterocycles. The Morgan fingerprint density at radius 2 is 1.89 bits per heavy atom. The van der Waals surface area contributed by atoms with E-state index in [0.717, 1.165) is 18.4 Å². The third-order valence-corrected chi connectivity index (χ3v) is 4.50. The van der Waals surface area contributed by atoms with E-state index in [4.69, 9.17) is 5.26 Å². The lowest BCUT2D eigenvalue weighted by atomic mass is 9.85. The Kier molecular flexibility index (Phi) is 6.15. The molecule has 2 nitrogen and oxygen atoms in total. The molecule has 0 spiro atoms. The van der Waals surface area contributed by atoms with Crippen LogP contribution in [0.1, 0.15) is 65.7 Å². The van der Waals surface area contributed by atoms with Crippen LogP contribution in [0.5, 0.6) is 0 Å². The highest BCUT2D eigenvalue weighted by atomic mass is 15.1. The zero-order valence-corrected chi connectivity index (χ0v) is 12.7. The van der Waals surface area contributed by atoms with Crippen molar-refractivity contribution in [1.29, 1.82) is 5.26 Å². The molecule has 2 atom stereocenters. The van der Waals surface area contributed by atoms with Crippen molar-refractivity contribution < 1.29 is 0 Å². The normalized spacial score (nSPS) is 25.1. The summed E-state index contributed by atoms with van der Waals surface area (Å²) >= 11 is 0. The first-order valence-corrected chi connectivity index (χ1v) is 7.58. The molecule has 0 N–H and O–H groups in total. The molecule has 2 heteroatoms. The topological polar surface area (TPSA) is 27.0 Å². The van der Waals surface area contributed by atoms with Gasteiger partial charge >= 0.3 is 0 Å². The summed E-state index contributed by atoms with van der Waals surface area (Å²) in [6.07, 6.45) is 9.02. The zero-order valence-electron chi connectivity index (χ0n) is 12.7. The molecular formula is C16H30N2. The Hall–Kier alpha value is -0.550. The number of nitriles is 1. The summed E-state index contributed by atoms with van der Waals surface area (Å²) in [5.74, 6) is 0.860. The van der Waals surface area contributed by atoms with Crippen molar-refractivity contribution in [2.45, 2.75) is 71.8 Å². The summed E-state index contributed by atoms with van der Waals surface area (Å²) < 4.78 is 0. The van der Waals surface area contributed by atoms with Crippen LogP contribution in [0, 0.1) is 22.7 Å². The number of nitrogens with zero attached hydrogens (tertiary/aromatic N) is 2. The minimum Gasteiger partial charge on any atom is -0.303 e. The third-order valence-electron chi connectivity index (χ3n) is 4.50. The first kappa shape index (κ1) is 15.5. The number of hydrogen-bond donors (Lipinski definition) is 0. The van der Waals surface area contributed by atoms with Crippen molar-refractivity contribution in [1.82, 2.24) is 4.90 Å². The Morgan fingerprint density at radius 3 is 2.50 bits per heavy atom. The van der Waals surface area contributed by atoms with Crippen molar-refractivity contribution in [2.75, 3.05) is 13.6 Å². The number of rotatable bonds is 6. The van der Waals surface area contributed by atoms with Gasteiger partial charge in [-0.1, -0.05) is 26.2 Å². The van der Waals surface area contributed by atoms with Gasteiger partial charge in [0.1, 0.15) is 0 Å². The fourth-order valence-electron chi connectivity index (χ4n) is 3.10. The standard InChI is InChI=1S/C16H30N2/c1-14-9-5-6-10-15(14)18(4)12-8-7-11-16(2,3)13-17/h14-15H,5-12H2,1-4H3. The smallest absolute Gasteiger partial charge is 0.0683 e. The summed E-state index contributed by atoms with van der Waals surface area (Å²) in [4.78, 5) is 2.56. The van der Waals surface area contributed by atoms with Gasteiger partial charge in [0.05, 0.1) is 11.5 Å². The quantitative estimate of drug-likeness (QED) is 0.660. The molecule has 2 unspecified atom stereocenters. The van der Waals surface area contributed by atoms with E-state index in [1.165, 1.54) is 45.1 Å². The maximum atomic E-state index is 8.98. The zero-order chi connectivity index (χ0) is 13.6. The molecule has 0 aliphatic heterocycles. The highest BCUT2D eigenvalue weighted by Gasteiger charge is 2.24. The van der Waals surface area contributed by atoms with Crippen LogP contribution in [0.15, 0.2) is 0 Å². The molecule has 0 radical (unpaired) electrons. The highest BCUT2D eigenvalue weighted by molar-refractivity contribution is 4.91. The van der Waals surface area contributed by atoms with Gasteiger partial charge in [-0.2, -0.15) is 5.26 Å². The highest BCUT2D eigenvalue weighted by Crippen LogP contribution is 2.28. The molecule has 0 heterocycles. The fourth-order valence-corrected chi connectivity index (χ4v) is 3.10. The van der Waals surface area contributed by atoms with E-state index in [2.05, 4.69) is 24.9 Å². The summed E-state index contributed by atoms with van der Waals surface area (Å²) in [7, 11) is 2.28. The summed E-state index contributed by atoms with van der Waals surface area (Å²) in [6.45, 7) is 7.68. The molecule has 0 saturated heterocycles. The number of hydrogen-bond acceptors (Lipinski definition) is 2. The van der Waals surface area contributed by atoms with E-state index < -0.39 is 0 Å². The van der Waals surface area contributed by atoms with Crippen molar-refractivity contribution in [3.8, 4) is 6.07 Å². The molecule has 0 aromatic rings. The lowest BCUT2D eigenvalue weighted by Crippen LogP contribution is -2.39. The van der Waals surface area contributed by atoms with Crippen LogP contribution in [-0.2, 0) is 0 Å². The molecule has 0 aromatic carbocycles. The maximum absolute atomic E-state index is 8.98. The van der Waals surface area contributed by atoms with Crippen LogP contribution in [0.25, 0.3) is 0 Å². The van der Waals surface area contributed by atoms with Crippen LogP contribution in [0.3, 0.4) is 0 Å². The summed E-state index contributed by atoms with van der Waals surface area (Å²) in [5, 5.41) is 8.98. The second-order valence-corrected chi connectivity index (χ2v) is 6.76. The largest absolute Gasteiger partial charge is 0.303 e. The van der Waals surface area contributed by atoms with Crippen molar-refractivity contribution in [3.63, 3.8) is 0 Å². The molecule has 0 amide bonds. The lowest BCUT2D eigenvalue weighted by Gasteiger charge is -2.36. The van der Waals surface area contributed by atoms with Crippen LogP contribution in [-0.4, -0.2) is 24.5 Å². The minimum atomic E-state index is -0.142. The fraction of sp³-hybridized carbons (Fsp3) is 0.938. The molecule has 1 rings (SSSR count). The molecule has 104 valence electrons. The first-order valence-electron chi connectivity index (χ1n) is 7.58. The SMILES string of the molecule is CC1CCCCC1N(C)CCCCC(C)(C)C#N. The summed E-state index contributed by atoms with van der Waals surface area (Å²) in [6, 6.07) is 3.18. The van der Waals surface area contributed by atoms with Crippen molar-refractivity contribution >= 4 is 0 Å². The maximum Gasteiger partial charge on any atom is 0.0683 e. The molecule has 1 fully saturated rings. The van der Waals surface area contributed by atoms with Gasteiger partial charge in [-0.3, -0.25) is 0 Å². The van der Waals surface area contributed by atoms with E-state index >= 15 is 0 Å². The second-order valence-electron chi connectivity index (χ2n) is 6.76. The molecule has 0 bridgehead atoms. The van der Waals surface area contributed by atoms with Gasteiger partial charge < -0.3 is 4.90 Å². The average Bonchev–Trinajstić information content (AvgIpc) is 2.35. The van der Waals surface area contributed by atoms with Gasteiger partial charge in [-0.25, -0.2) is 0 Å². The first-order chi connectivity index (χ1) is 8.46. The minimum absolute atomic E-state index is 0.142. The Bertz CT molecular complexity index is 277. The van der Waals surface area contributed by atoms with Gasteiger partial charge in [-0.15, -0.1) is 0 Å². The Balaban J connectivity index is 2.21. The van der Waals surface area contributed by atoms with Crippen LogP contribution >= 0.6 is 0 Å². The van der Waals surface area contributed by atoms with E-state index in [1.54, 1.807) is 0 Å². The monoisotopic (exact) mass is 250 g/mol. The molecule has 1 saturated carbocycles. The van der Waals surface area contributed by atoms with Crippen molar-refractivity contribution in [3.05, 3.63) is 0 Å². The average molecular weight is 250 g/mol. The molecular weight excluding hydrogens is 220 g/mol. The summed E-state index contributed by atoms with van der Waals surface area (Å²) in [5.41, 5.74) is -0.142. The Labute approximate surface area is 113 Å². The lowest BCUT2D eigenvalue weighted by molar-refractivity contribution is 0.136. The van der Waals surface area contributed by atoms with Gasteiger partial charge in [0.15, 0.2) is 0 Å². The molecule has 18 heavy (non-hydrogen) atoms. The van der Waals surface area contributed by atoms with Gasteiger partial charge in [-0.05, 0) is 59.0 Å². The van der Waals surface area contributed by atoms with Gasteiger partial charge in [0.2, 0.25) is 0 Å². The molecule has 1 aliphatic carbocycles. The van der Waals surface area contributed by atoms with Crippen LogP contribution in [0.2, 0.25) is 0 Å². The molecule has 1 aliphatic rings. The Morgan fingerprint density at radius 1 is 1.22 bits per heavy atom. The van der Waals surface area contributed by atoms with Gasteiger partial charge in [0.25, 0.3) is 0 Å². The predicted octanol–water partition coefficient (Wildman–Crippen LogP) is 4.22. The predicted molar refractivity (Wildman–Crippen MR) is 77.3 cm³/mol. The third kappa shape index (κ3) is 4.98. The van der Waals surface area contributed by atoms with E-state index in [0.29, 0.717) is 0 Å². The van der Waals surface area contributed by atoms with Crippen LogP contribution in [0.4, 0.5) is 0 Å². The van der Waals surface area contributed by atoms with Gasteiger partial charge in [0, 0.05) is 6.04 Å².